The number of rotatable bonds is 5. The Morgan fingerprint density at radius 1 is 1.20 bits per heavy atom. The van der Waals surface area contributed by atoms with E-state index in [1.807, 2.05) is 30.3 Å². The van der Waals surface area contributed by atoms with Gasteiger partial charge in [0.2, 0.25) is 6.20 Å². The predicted octanol–water partition coefficient (Wildman–Crippen LogP) is 4.28. The van der Waals surface area contributed by atoms with Crippen molar-refractivity contribution in [3.8, 4) is 5.75 Å². The van der Waals surface area contributed by atoms with Crippen LogP contribution in [0, 0.1) is 10.1 Å². The van der Waals surface area contributed by atoms with E-state index in [0.717, 1.165) is 21.8 Å². The lowest BCUT2D eigenvalue weighted by Crippen LogP contribution is -1.95. The van der Waals surface area contributed by atoms with Crippen molar-refractivity contribution < 1.29 is 9.66 Å². The van der Waals surface area contributed by atoms with E-state index < -0.39 is 4.92 Å². The molecule has 0 atom stereocenters. The highest BCUT2D eigenvalue weighted by molar-refractivity contribution is 9.10. The molecule has 0 unspecified atom stereocenters. The molecule has 0 aliphatic rings. The van der Waals surface area contributed by atoms with Gasteiger partial charge in [0.05, 0.1) is 9.40 Å². The van der Waals surface area contributed by atoms with Gasteiger partial charge >= 0.3 is 0 Å². The molecule has 0 N–H and O–H groups in total. The third-order valence-electron chi connectivity index (χ3n) is 2.58. The summed E-state index contributed by atoms with van der Waals surface area (Å²) in [5, 5.41) is 10.3. The van der Waals surface area contributed by atoms with Gasteiger partial charge in [-0.2, -0.15) is 0 Å². The molecule has 2 rings (SSSR count). The van der Waals surface area contributed by atoms with Crippen molar-refractivity contribution in [2.45, 2.75) is 6.61 Å². The first kappa shape index (κ1) is 14.3. The Labute approximate surface area is 125 Å². The van der Waals surface area contributed by atoms with Crippen LogP contribution in [0.3, 0.4) is 0 Å². The minimum atomic E-state index is -0.492. The smallest absolute Gasteiger partial charge is 0.235 e. The van der Waals surface area contributed by atoms with Crippen LogP contribution in [0.1, 0.15) is 11.1 Å². The van der Waals surface area contributed by atoms with E-state index in [0.29, 0.717) is 12.4 Å². The molecule has 2 aromatic rings. The molecule has 0 aliphatic carbocycles. The molecule has 0 saturated heterocycles. The highest BCUT2D eigenvalue weighted by Gasteiger charge is 2.02. The molecule has 0 saturated carbocycles. The molecular weight excluding hydrogens is 322 g/mol. The van der Waals surface area contributed by atoms with E-state index in [-0.39, 0.29) is 0 Å². The summed E-state index contributed by atoms with van der Waals surface area (Å²) < 4.78 is 6.46. The number of halogens is 1. The van der Waals surface area contributed by atoms with E-state index in [1.54, 1.807) is 18.2 Å². The standard InChI is InChI=1S/C15H12BrNO3/c16-14-10-12(8-9-17(18)19)6-7-15(14)20-11-13-4-2-1-3-5-13/h1-10H,11H2. The molecule has 20 heavy (non-hydrogen) atoms. The number of ether oxygens (including phenoxy) is 1. The van der Waals surface area contributed by atoms with E-state index in [4.69, 9.17) is 4.74 Å². The molecule has 5 heteroatoms. The van der Waals surface area contributed by atoms with Gasteiger partial charge in [0.1, 0.15) is 12.4 Å². The van der Waals surface area contributed by atoms with Crippen molar-refractivity contribution in [1.29, 1.82) is 0 Å². The van der Waals surface area contributed by atoms with Crippen LogP contribution < -0.4 is 4.74 Å². The molecule has 0 fully saturated rings. The van der Waals surface area contributed by atoms with E-state index >= 15 is 0 Å². The summed E-state index contributed by atoms with van der Waals surface area (Å²) in [4.78, 5) is 9.77. The van der Waals surface area contributed by atoms with Crippen LogP contribution in [-0.2, 0) is 6.61 Å². The summed E-state index contributed by atoms with van der Waals surface area (Å²) in [5.41, 5.74) is 1.82. The van der Waals surface area contributed by atoms with Crippen LogP contribution in [0.25, 0.3) is 6.08 Å². The quantitative estimate of drug-likeness (QED) is 0.606. The van der Waals surface area contributed by atoms with Crippen LogP contribution in [0.5, 0.6) is 5.75 Å². The highest BCUT2D eigenvalue weighted by atomic mass is 79.9. The van der Waals surface area contributed by atoms with Gasteiger partial charge in [0.25, 0.3) is 0 Å². The van der Waals surface area contributed by atoms with Crippen molar-refractivity contribution in [3.05, 3.63) is 80.4 Å². The van der Waals surface area contributed by atoms with Gasteiger partial charge in [-0.3, -0.25) is 10.1 Å². The summed E-state index contributed by atoms with van der Waals surface area (Å²) in [6.07, 6.45) is 2.35. The molecule has 0 aliphatic heterocycles. The summed E-state index contributed by atoms with van der Waals surface area (Å²) in [5.74, 6) is 0.701. The van der Waals surface area contributed by atoms with Crippen molar-refractivity contribution in [2.24, 2.45) is 0 Å². The first-order chi connectivity index (χ1) is 9.65. The van der Waals surface area contributed by atoms with Gasteiger partial charge in [-0.15, -0.1) is 0 Å². The SMILES string of the molecule is O=[N+]([O-])C=Cc1ccc(OCc2ccccc2)c(Br)c1. The average molecular weight is 334 g/mol. The first-order valence-corrected chi connectivity index (χ1v) is 6.72. The fourth-order valence-electron chi connectivity index (χ4n) is 1.62. The molecule has 4 nitrogen and oxygen atoms in total. The van der Waals surface area contributed by atoms with Gasteiger partial charge in [-0.1, -0.05) is 36.4 Å². The van der Waals surface area contributed by atoms with Gasteiger partial charge in [0.15, 0.2) is 0 Å². The second-order valence-corrected chi connectivity index (χ2v) is 4.92. The Morgan fingerprint density at radius 3 is 2.60 bits per heavy atom. The number of nitro groups is 1. The summed E-state index contributed by atoms with van der Waals surface area (Å²) in [7, 11) is 0. The minimum absolute atomic E-state index is 0.476. The Balaban J connectivity index is 2.04. The normalized spacial score (nSPS) is 10.7. The molecule has 0 amide bonds. The fraction of sp³-hybridized carbons (Fsp3) is 0.0667. The van der Waals surface area contributed by atoms with Crippen LogP contribution in [0.15, 0.2) is 59.2 Å². The second-order valence-electron chi connectivity index (χ2n) is 4.07. The third-order valence-corrected chi connectivity index (χ3v) is 3.20. The van der Waals surface area contributed by atoms with E-state index in [2.05, 4.69) is 15.9 Å². The van der Waals surface area contributed by atoms with Crippen LogP contribution >= 0.6 is 15.9 Å². The van der Waals surface area contributed by atoms with Gasteiger partial charge in [-0.05, 0) is 39.2 Å². The molecule has 0 heterocycles. The van der Waals surface area contributed by atoms with E-state index in [9.17, 15) is 10.1 Å². The predicted molar refractivity (Wildman–Crippen MR) is 80.9 cm³/mol. The Morgan fingerprint density at radius 2 is 1.95 bits per heavy atom. The lowest BCUT2D eigenvalue weighted by molar-refractivity contribution is -0.400. The zero-order valence-electron chi connectivity index (χ0n) is 10.5. The molecule has 0 bridgehead atoms. The number of nitrogens with zero attached hydrogens (tertiary/aromatic N) is 1. The lowest BCUT2D eigenvalue weighted by atomic mass is 10.2. The molecule has 2 aromatic carbocycles. The lowest BCUT2D eigenvalue weighted by Gasteiger charge is -2.08. The van der Waals surface area contributed by atoms with E-state index in [1.165, 1.54) is 6.08 Å². The number of hydrogen-bond donors (Lipinski definition) is 0. The van der Waals surface area contributed by atoms with Crippen molar-refractivity contribution >= 4 is 22.0 Å². The van der Waals surface area contributed by atoms with Gasteiger partial charge in [0, 0.05) is 6.08 Å². The molecule has 0 aromatic heterocycles. The van der Waals surface area contributed by atoms with Gasteiger partial charge < -0.3 is 4.74 Å². The topological polar surface area (TPSA) is 52.4 Å². The third kappa shape index (κ3) is 4.20. The Bertz CT molecular complexity index is 626. The van der Waals surface area contributed by atoms with Crippen LogP contribution in [-0.4, -0.2) is 4.92 Å². The van der Waals surface area contributed by atoms with Crippen molar-refractivity contribution in [3.63, 3.8) is 0 Å². The maximum Gasteiger partial charge on any atom is 0.235 e. The second kappa shape index (κ2) is 6.86. The molecule has 0 spiro atoms. The molecule has 102 valence electrons. The largest absolute Gasteiger partial charge is 0.488 e. The Kier molecular flexibility index (Phi) is 4.90. The number of benzene rings is 2. The monoisotopic (exact) mass is 333 g/mol. The zero-order valence-corrected chi connectivity index (χ0v) is 12.1. The van der Waals surface area contributed by atoms with Crippen molar-refractivity contribution in [2.75, 3.05) is 0 Å². The minimum Gasteiger partial charge on any atom is -0.488 e. The molecular formula is C15H12BrNO3. The maximum absolute atomic E-state index is 10.3. The average Bonchev–Trinajstić information content (AvgIpc) is 2.45. The summed E-state index contributed by atoms with van der Waals surface area (Å²) in [6.45, 7) is 0.476. The van der Waals surface area contributed by atoms with Crippen LogP contribution in [0.4, 0.5) is 0 Å². The Hall–Kier alpha value is -2.14. The number of hydrogen-bond acceptors (Lipinski definition) is 3. The van der Waals surface area contributed by atoms with Gasteiger partial charge in [-0.25, -0.2) is 0 Å². The fourth-order valence-corrected chi connectivity index (χ4v) is 2.13. The first-order valence-electron chi connectivity index (χ1n) is 5.93. The maximum atomic E-state index is 10.3. The zero-order chi connectivity index (χ0) is 14.4. The molecule has 0 radical (unpaired) electrons. The van der Waals surface area contributed by atoms with Crippen molar-refractivity contribution in [1.82, 2.24) is 0 Å². The highest BCUT2D eigenvalue weighted by Crippen LogP contribution is 2.27. The summed E-state index contributed by atoms with van der Waals surface area (Å²) >= 11 is 3.40. The van der Waals surface area contributed by atoms with Crippen LogP contribution in [0.2, 0.25) is 0 Å². The summed E-state index contributed by atoms with van der Waals surface area (Å²) in [6, 6.07) is 15.2.